The summed E-state index contributed by atoms with van der Waals surface area (Å²) in [6.07, 6.45) is 0.354. The van der Waals surface area contributed by atoms with Crippen molar-refractivity contribution in [2.24, 2.45) is 0 Å². The summed E-state index contributed by atoms with van der Waals surface area (Å²) < 4.78 is 5.87. The van der Waals surface area contributed by atoms with Gasteiger partial charge in [0.15, 0.2) is 0 Å². The second-order valence-corrected chi connectivity index (χ2v) is 7.81. The van der Waals surface area contributed by atoms with Crippen LogP contribution in [0.3, 0.4) is 0 Å². The van der Waals surface area contributed by atoms with Gasteiger partial charge in [0, 0.05) is 36.9 Å². The molecule has 4 nitrogen and oxygen atoms in total. The molecule has 0 saturated carbocycles. The van der Waals surface area contributed by atoms with E-state index in [0.717, 1.165) is 48.7 Å². The van der Waals surface area contributed by atoms with E-state index in [0.29, 0.717) is 18.1 Å². The highest BCUT2D eigenvalue weighted by Gasteiger charge is 2.22. The average Bonchev–Trinajstić information content (AvgIpc) is 2.80. The standard InChI is InChI=1S/C25H25ClN2O2/c26-24-9-5-4-8-21(24)18-25(29)28-16-14-27(15-17-28)22-10-12-23(13-11-22)30-19-20-6-2-1-3-7-20/h1-13H,14-19H2. The normalized spacial score (nSPS) is 13.9. The van der Waals surface area contributed by atoms with Gasteiger partial charge in [0.25, 0.3) is 0 Å². The number of rotatable bonds is 6. The molecule has 30 heavy (non-hydrogen) atoms. The first-order chi connectivity index (χ1) is 14.7. The third-order valence-electron chi connectivity index (χ3n) is 5.38. The van der Waals surface area contributed by atoms with E-state index in [1.165, 1.54) is 0 Å². The van der Waals surface area contributed by atoms with Crippen molar-refractivity contribution in [2.75, 3.05) is 31.1 Å². The first-order valence-electron chi connectivity index (χ1n) is 10.2. The molecule has 3 aromatic carbocycles. The molecule has 1 aliphatic rings. The van der Waals surface area contributed by atoms with Crippen LogP contribution in [0, 0.1) is 0 Å². The van der Waals surface area contributed by atoms with Gasteiger partial charge in [0.2, 0.25) is 5.91 Å². The fourth-order valence-electron chi connectivity index (χ4n) is 3.62. The number of halogens is 1. The van der Waals surface area contributed by atoms with E-state index in [1.54, 1.807) is 0 Å². The molecule has 5 heteroatoms. The van der Waals surface area contributed by atoms with Crippen molar-refractivity contribution < 1.29 is 9.53 Å². The molecule has 0 unspecified atom stereocenters. The fraction of sp³-hybridized carbons (Fsp3) is 0.240. The highest BCUT2D eigenvalue weighted by Crippen LogP contribution is 2.22. The summed E-state index contributed by atoms with van der Waals surface area (Å²) in [5.74, 6) is 0.989. The van der Waals surface area contributed by atoms with Crippen molar-refractivity contribution in [3.05, 3.63) is 95.0 Å². The lowest BCUT2D eigenvalue weighted by atomic mass is 10.1. The summed E-state index contributed by atoms with van der Waals surface area (Å²) in [6.45, 7) is 3.63. The number of hydrogen-bond donors (Lipinski definition) is 0. The molecule has 4 rings (SSSR count). The molecule has 0 atom stereocenters. The third-order valence-corrected chi connectivity index (χ3v) is 5.75. The van der Waals surface area contributed by atoms with E-state index in [2.05, 4.69) is 29.2 Å². The zero-order valence-corrected chi connectivity index (χ0v) is 17.6. The molecule has 0 aliphatic carbocycles. The Morgan fingerprint density at radius 2 is 1.50 bits per heavy atom. The van der Waals surface area contributed by atoms with Gasteiger partial charge in [-0.2, -0.15) is 0 Å². The van der Waals surface area contributed by atoms with Crippen molar-refractivity contribution in [2.45, 2.75) is 13.0 Å². The van der Waals surface area contributed by atoms with Crippen LogP contribution in [0.1, 0.15) is 11.1 Å². The van der Waals surface area contributed by atoms with Crippen LogP contribution in [0.25, 0.3) is 0 Å². The van der Waals surface area contributed by atoms with Gasteiger partial charge in [-0.1, -0.05) is 60.1 Å². The van der Waals surface area contributed by atoms with Crippen LogP contribution in [0.2, 0.25) is 5.02 Å². The number of amides is 1. The zero-order valence-electron chi connectivity index (χ0n) is 16.8. The second-order valence-electron chi connectivity index (χ2n) is 7.40. The smallest absolute Gasteiger partial charge is 0.227 e. The van der Waals surface area contributed by atoms with Crippen LogP contribution in [0.4, 0.5) is 5.69 Å². The van der Waals surface area contributed by atoms with Gasteiger partial charge in [-0.25, -0.2) is 0 Å². The number of ether oxygens (including phenoxy) is 1. The van der Waals surface area contributed by atoms with E-state index in [4.69, 9.17) is 16.3 Å². The molecule has 0 bridgehead atoms. The molecule has 1 aliphatic heterocycles. The SMILES string of the molecule is O=C(Cc1ccccc1Cl)N1CCN(c2ccc(OCc3ccccc3)cc2)CC1. The number of carbonyl (C=O) groups is 1. The van der Waals surface area contributed by atoms with Gasteiger partial charge < -0.3 is 14.5 Å². The molecular weight excluding hydrogens is 396 g/mol. The lowest BCUT2D eigenvalue weighted by Crippen LogP contribution is -2.49. The third kappa shape index (κ3) is 5.14. The summed E-state index contributed by atoms with van der Waals surface area (Å²) in [5.41, 5.74) is 3.19. The van der Waals surface area contributed by atoms with Crippen molar-refractivity contribution in [3.8, 4) is 5.75 Å². The summed E-state index contributed by atoms with van der Waals surface area (Å²) >= 11 is 6.19. The Morgan fingerprint density at radius 3 is 2.20 bits per heavy atom. The number of carbonyl (C=O) groups excluding carboxylic acids is 1. The molecule has 0 radical (unpaired) electrons. The van der Waals surface area contributed by atoms with E-state index in [-0.39, 0.29) is 5.91 Å². The molecular formula is C25H25ClN2O2. The van der Waals surface area contributed by atoms with Crippen LogP contribution in [0.5, 0.6) is 5.75 Å². The van der Waals surface area contributed by atoms with Crippen LogP contribution in [-0.2, 0) is 17.8 Å². The van der Waals surface area contributed by atoms with Crippen molar-refractivity contribution in [1.82, 2.24) is 4.90 Å². The monoisotopic (exact) mass is 420 g/mol. The van der Waals surface area contributed by atoms with Gasteiger partial charge in [-0.15, -0.1) is 0 Å². The molecule has 0 spiro atoms. The highest BCUT2D eigenvalue weighted by atomic mass is 35.5. The number of piperazine rings is 1. The van der Waals surface area contributed by atoms with E-state index < -0.39 is 0 Å². The summed E-state index contributed by atoms with van der Waals surface area (Å²) in [7, 11) is 0. The number of benzene rings is 3. The van der Waals surface area contributed by atoms with Crippen molar-refractivity contribution in [1.29, 1.82) is 0 Å². The van der Waals surface area contributed by atoms with E-state index in [9.17, 15) is 4.79 Å². The summed E-state index contributed by atoms with van der Waals surface area (Å²) in [5, 5.41) is 0.652. The minimum absolute atomic E-state index is 0.132. The first-order valence-corrected chi connectivity index (χ1v) is 10.6. The molecule has 0 N–H and O–H groups in total. The van der Waals surface area contributed by atoms with Crippen LogP contribution in [0.15, 0.2) is 78.9 Å². The minimum atomic E-state index is 0.132. The second kappa shape index (κ2) is 9.68. The maximum atomic E-state index is 12.6. The van der Waals surface area contributed by atoms with Crippen LogP contribution >= 0.6 is 11.6 Å². The highest BCUT2D eigenvalue weighted by molar-refractivity contribution is 6.31. The molecule has 1 saturated heterocycles. The maximum Gasteiger partial charge on any atom is 0.227 e. The maximum absolute atomic E-state index is 12.6. The lowest BCUT2D eigenvalue weighted by Gasteiger charge is -2.36. The number of nitrogens with zero attached hydrogens (tertiary/aromatic N) is 2. The Kier molecular flexibility index (Phi) is 6.55. The Balaban J connectivity index is 1.27. The topological polar surface area (TPSA) is 32.8 Å². The minimum Gasteiger partial charge on any atom is -0.489 e. The Hall–Kier alpha value is -2.98. The quantitative estimate of drug-likeness (QED) is 0.573. The Labute approximate surface area is 182 Å². The molecule has 1 heterocycles. The largest absolute Gasteiger partial charge is 0.489 e. The summed E-state index contributed by atoms with van der Waals surface area (Å²) in [6, 6.07) is 25.9. The number of anilines is 1. The summed E-state index contributed by atoms with van der Waals surface area (Å²) in [4.78, 5) is 16.9. The molecule has 3 aromatic rings. The zero-order chi connectivity index (χ0) is 20.8. The van der Waals surface area contributed by atoms with E-state index >= 15 is 0 Å². The lowest BCUT2D eigenvalue weighted by molar-refractivity contribution is -0.130. The molecule has 154 valence electrons. The predicted molar refractivity (Wildman–Crippen MR) is 121 cm³/mol. The van der Waals surface area contributed by atoms with E-state index in [1.807, 2.05) is 59.5 Å². The van der Waals surface area contributed by atoms with Gasteiger partial charge >= 0.3 is 0 Å². The molecule has 1 fully saturated rings. The van der Waals surface area contributed by atoms with Gasteiger partial charge in [-0.05, 0) is 41.5 Å². The Bertz CT molecular complexity index is 968. The Morgan fingerprint density at radius 1 is 0.833 bits per heavy atom. The molecule has 0 aromatic heterocycles. The molecule has 1 amide bonds. The fourth-order valence-corrected chi connectivity index (χ4v) is 3.83. The van der Waals surface area contributed by atoms with Crippen molar-refractivity contribution in [3.63, 3.8) is 0 Å². The van der Waals surface area contributed by atoms with Crippen molar-refractivity contribution >= 4 is 23.2 Å². The van der Waals surface area contributed by atoms with Crippen LogP contribution in [-0.4, -0.2) is 37.0 Å². The predicted octanol–water partition coefficient (Wildman–Crippen LogP) is 4.81. The van der Waals surface area contributed by atoms with Crippen LogP contribution < -0.4 is 9.64 Å². The van der Waals surface area contributed by atoms with Gasteiger partial charge in [0.05, 0.1) is 6.42 Å². The average molecular weight is 421 g/mol. The van der Waals surface area contributed by atoms with Gasteiger partial charge in [0.1, 0.15) is 12.4 Å². The van der Waals surface area contributed by atoms with Gasteiger partial charge in [-0.3, -0.25) is 4.79 Å². The first kappa shape index (κ1) is 20.3. The number of hydrogen-bond acceptors (Lipinski definition) is 3.